The molecule has 0 saturated carbocycles. The molecule has 4 amide bonds. The monoisotopic (exact) mass is 412 g/mol. The largest absolute Gasteiger partial charge is 0.456 e. The number of benzene rings is 1. The van der Waals surface area contributed by atoms with Crippen LogP contribution in [0.4, 0.5) is 10.5 Å². The molecule has 0 unspecified atom stereocenters. The van der Waals surface area contributed by atoms with Gasteiger partial charge in [0.1, 0.15) is 5.76 Å². The summed E-state index contributed by atoms with van der Waals surface area (Å²) in [6.45, 7) is 7.14. The van der Waals surface area contributed by atoms with E-state index in [4.69, 9.17) is 4.42 Å². The molecule has 1 saturated heterocycles. The summed E-state index contributed by atoms with van der Waals surface area (Å²) in [4.78, 5) is 38.4. The molecule has 0 radical (unpaired) electrons. The van der Waals surface area contributed by atoms with Crippen molar-refractivity contribution < 1.29 is 18.8 Å². The summed E-state index contributed by atoms with van der Waals surface area (Å²) in [5, 5.41) is 8.04. The molecule has 0 aliphatic carbocycles. The quantitative estimate of drug-likeness (QED) is 0.701. The van der Waals surface area contributed by atoms with E-state index in [-0.39, 0.29) is 24.4 Å². The number of imide groups is 1. The normalized spacial score (nSPS) is 14.9. The zero-order valence-corrected chi connectivity index (χ0v) is 17.6. The molecule has 2 aromatic rings. The van der Waals surface area contributed by atoms with Crippen molar-refractivity contribution in [3.05, 3.63) is 53.0 Å². The van der Waals surface area contributed by atoms with E-state index < -0.39 is 6.03 Å². The lowest BCUT2D eigenvalue weighted by atomic mass is 10.0. The molecule has 0 spiro atoms. The smallest absolute Gasteiger partial charge is 0.325 e. The molecule has 3 rings (SSSR count). The second kappa shape index (κ2) is 9.58. The first kappa shape index (κ1) is 21.6. The van der Waals surface area contributed by atoms with Gasteiger partial charge < -0.3 is 15.1 Å². The molecule has 30 heavy (non-hydrogen) atoms. The molecule has 1 aliphatic rings. The van der Waals surface area contributed by atoms with Crippen LogP contribution in [-0.4, -0.2) is 48.4 Å². The average molecular weight is 412 g/mol. The Morgan fingerprint density at radius 3 is 2.43 bits per heavy atom. The number of aryl methyl sites for hydroxylation is 3. The Morgan fingerprint density at radius 1 is 1.07 bits per heavy atom. The third-order valence-corrected chi connectivity index (χ3v) is 5.14. The predicted octanol–water partition coefficient (Wildman–Crippen LogP) is 2.75. The van der Waals surface area contributed by atoms with Gasteiger partial charge in [-0.25, -0.2) is 4.79 Å². The number of likely N-dealkylation sites (tertiary alicyclic amines) is 1. The molecule has 1 aromatic heterocycles. The summed E-state index contributed by atoms with van der Waals surface area (Å²) in [7, 11) is 0. The molecule has 8 heteroatoms. The van der Waals surface area contributed by atoms with Crippen LogP contribution >= 0.6 is 0 Å². The number of anilines is 1. The molecule has 2 heterocycles. The van der Waals surface area contributed by atoms with Gasteiger partial charge in [0.2, 0.25) is 5.91 Å². The van der Waals surface area contributed by atoms with Crippen LogP contribution in [0.3, 0.4) is 0 Å². The Labute approximate surface area is 176 Å². The number of hydrogen-bond donors (Lipinski definition) is 3. The van der Waals surface area contributed by atoms with Crippen molar-refractivity contribution in [2.75, 3.05) is 25.0 Å². The minimum Gasteiger partial charge on any atom is -0.456 e. The summed E-state index contributed by atoms with van der Waals surface area (Å²) in [6.07, 6.45) is 1.46. The Morgan fingerprint density at radius 2 is 1.80 bits per heavy atom. The van der Waals surface area contributed by atoms with E-state index in [0.717, 1.165) is 24.0 Å². The lowest BCUT2D eigenvalue weighted by Gasteiger charge is -2.31. The standard InChI is InChI=1S/C22H28N4O4/c1-14-4-6-18(15(2)12-14)24-22(29)25-20(27)13-26-10-8-17(9-11-26)23-21(28)19-7-5-16(3)30-19/h4-7,12,17H,8-11,13H2,1-3H3,(H,23,28)(H2,24,25,27,29). The van der Waals surface area contributed by atoms with E-state index >= 15 is 0 Å². The maximum absolute atomic E-state index is 12.2. The second-order valence-electron chi connectivity index (χ2n) is 7.75. The van der Waals surface area contributed by atoms with E-state index in [2.05, 4.69) is 16.0 Å². The molecule has 8 nitrogen and oxygen atoms in total. The van der Waals surface area contributed by atoms with Gasteiger partial charge in [-0.05, 0) is 57.4 Å². The average Bonchev–Trinajstić information content (AvgIpc) is 3.12. The number of urea groups is 1. The van der Waals surface area contributed by atoms with Crippen LogP contribution < -0.4 is 16.0 Å². The van der Waals surface area contributed by atoms with Crippen molar-refractivity contribution in [1.29, 1.82) is 0 Å². The zero-order valence-electron chi connectivity index (χ0n) is 17.6. The Bertz CT molecular complexity index is 929. The number of carbonyl (C=O) groups is 3. The highest BCUT2D eigenvalue weighted by Gasteiger charge is 2.24. The Kier molecular flexibility index (Phi) is 6.89. The lowest BCUT2D eigenvalue weighted by Crippen LogP contribution is -2.48. The highest BCUT2D eigenvalue weighted by Crippen LogP contribution is 2.16. The number of nitrogens with one attached hydrogen (secondary N) is 3. The Balaban J connectivity index is 1.39. The van der Waals surface area contributed by atoms with Gasteiger partial charge >= 0.3 is 6.03 Å². The van der Waals surface area contributed by atoms with Crippen molar-refractivity contribution in [2.45, 2.75) is 39.7 Å². The van der Waals surface area contributed by atoms with Crippen LogP contribution in [0.5, 0.6) is 0 Å². The highest BCUT2D eigenvalue weighted by atomic mass is 16.3. The van der Waals surface area contributed by atoms with Gasteiger partial charge in [-0.1, -0.05) is 17.7 Å². The number of hydrogen-bond acceptors (Lipinski definition) is 5. The van der Waals surface area contributed by atoms with Gasteiger partial charge in [-0.3, -0.25) is 19.8 Å². The van der Waals surface area contributed by atoms with Crippen molar-refractivity contribution >= 4 is 23.5 Å². The van der Waals surface area contributed by atoms with Gasteiger partial charge in [0, 0.05) is 24.8 Å². The van der Waals surface area contributed by atoms with Crippen LogP contribution in [-0.2, 0) is 4.79 Å². The number of nitrogens with zero attached hydrogens (tertiary/aromatic N) is 1. The molecule has 1 aliphatic heterocycles. The molecular weight excluding hydrogens is 384 g/mol. The van der Waals surface area contributed by atoms with Crippen LogP contribution in [0, 0.1) is 20.8 Å². The molecule has 0 bridgehead atoms. The SMILES string of the molecule is Cc1ccc(NC(=O)NC(=O)CN2CCC(NC(=O)c3ccc(C)o3)CC2)c(C)c1. The van der Waals surface area contributed by atoms with Crippen molar-refractivity contribution in [3.63, 3.8) is 0 Å². The van der Waals surface area contributed by atoms with Crippen molar-refractivity contribution in [1.82, 2.24) is 15.5 Å². The van der Waals surface area contributed by atoms with Gasteiger partial charge in [0.15, 0.2) is 5.76 Å². The topological polar surface area (TPSA) is 104 Å². The summed E-state index contributed by atoms with van der Waals surface area (Å²) < 4.78 is 5.34. The first-order chi connectivity index (χ1) is 14.3. The number of piperidine rings is 1. The minimum absolute atomic E-state index is 0.0371. The predicted molar refractivity (Wildman–Crippen MR) is 113 cm³/mol. The fourth-order valence-corrected chi connectivity index (χ4v) is 3.53. The van der Waals surface area contributed by atoms with Gasteiger partial charge in [-0.15, -0.1) is 0 Å². The second-order valence-corrected chi connectivity index (χ2v) is 7.75. The summed E-state index contributed by atoms with van der Waals surface area (Å²) in [6, 6.07) is 8.60. The van der Waals surface area contributed by atoms with Gasteiger partial charge in [0.05, 0.1) is 6.54 Å². The zero-order chi connectivity index (χ0) is 21.7. The highest BCUT2D eigenvalue weighted by molar-refractivity contribution is 6.02. The third kappa shape index (κ3) is 5.93. The van der Waals surface area contributed by atoms with Gasteiger partial charge in [-0.2, -0.15) is 0 Å². The summed E-state index contributed by atoms with van der Waals surface area (Å²) >= 11 is 0. The molecule has 0 atom stereocenters. The maximum Gasteiger partial charge on any atom is 0.325 e. The van der Waals surface area contributed by atoms with Crippen LogP contribution in [0.2, 0.25) is 0 Å². The molecule has 160 valence electrons. The minimum atomic E-state index is -0.539. The fourth-order valence-electron chi connectivity index (χ4n) is 3.53. The first-order valence-electron chi connectivity index (χ1n) is 10.1. The first-order valence-corrected chi connectivity index (χ1v) is 10.1. The third-order valence-electron chi connectivity index (χ3n) is 5.14. The van der Waals surface area contributed by atoms with E-state index in [1.165, 1.54) is 0 Å². The van der Waals surface area contributed by atoms with Crippen molar-refractivity contribution in [3.8, 4) is 0 Å². The number of rotatable bonds is 5. The van der Waals surface area contributed by atoms with E-state index in [1.807, 2.05) is 36.9 Å². The van der Waals surface area contributed by atoms with E-state index in [1.54, 1.807) is 19.1 Å². The maximum atomic E-state index is 12.2. The number of carbonyl (C=O) groups excluding carboxylic acids is 3. The molecule has 1 aromatic carbocycles. The summed E-state index contributed by atoms with van der Waals surface area (Å²) in [5.74, 6) is 0.430. The molecular formula is C22H28N4O4. The van der Waals surface area contributed by atoms with Gasteiger partial charge in [0.25, 0.3) is 5.91 Å². The van der Waals surface area contributed by atoms with Crippen LogP contribution in [0.15, 0.2) is 34.7 Å². The molecule has 3 N–H and O–H groups in total. The summed E-state index contributed by atoms with van der Waals surface area (Å²) in [5.41, 5.74) is 2.72. The fraction of sp³-hybridized carbons (Fsp3) is 0.409. The Hall–Kier alpha value is -3.13. The molecule has 1 fully saturated rings. The van der Waals surface area contributed by atoms with E-state index in [9.17, 15) is 14.4 Å². The lowest BCUT2D eigenvalue weighted by molar-refractivity contribution is -0.121. The number of furan rings is 1. The van der Waals surface area contributed by atoms with Crippen molar-refractivity contribution in [2.24, 2.45) is 0 Å². The van der Waals surface area contributed by atoms with E-state index in [0.29, 0.717) is 30.3 Å². The van der Waals surface area contributed by atoms with Crippen LogP contribution in [0.1, 0.15) is 40.3 Å². The number of amides is 4. The van der Waals surface area contributed by atoms with Crippen LogP contribution in [0.25, 0.3) is 0 Å².